The summed E-state index contributed by atoms with van der Waals surface area (Å²) in [4.78, 5) is 2.53. The third kappa shape index (κ3) is 15.4. The second kappa shape index (κ2) is 19.4. The second-order valence-corrected chi connectivity index (χ2v) is 8.71. The first-order valence-electron chi connectivity index (χ1n) is 8.95. The zero-order chi connectivity index (χ0) is 18.8. The lowest BCUT2D eigenvalue weighted by atomic mass is 10.5. The summed E-state index contributed by atoms with van der Waals surface area (Å²) in [6, 6.07) is 0. The van der Waals surface area contributed by atoms with Gasteiger partial charge < -0.3 is 28.6 Å². The van der Waals surface area contributed by atoms with Crippen molar-refractivity contribution in [2.45, 2.75) is 25.4 Å². The van der Waals surface area contributed by atoms with Crippen molar-refractivity contribution < 1.29 is 23.7 Å². The van der Waals surface area contributed by atoms with E-state index in [9.17, 15) is 0 Å². The van der Waals surface area contributed by atoms with Gasteiger partial charge in [-0.2, -0.15) is 0 Å². The molecule has 0 aliphatic rings. The molecule has 0 amide bonds. The van der Waals surface area contributed by atoms with Gasteiger partial charge in [0, 0.05) is 68.0 Å². The Balaban J connectivity index is 3.81. The first-order valence-corrected chi connectivity index (χ1v) is 11.8. The highest BCUT2D eigenvalue weighted by Gasteiger charge is 2.08. The maximum absolute atomic E-state index is 5.25. The van der Waals surface area contributed by atoms with Crippen LogP contribution in [-0.4, -0.2) is 104 Å². The number of rotatable bonds is 19. The molecule has 6 nitrogen and oxygen atoms in total. The SMILES string of the molecule is COCCN(CCPCCC(OC)OC)CCPCCC(OC)OC. The quantitative estimate of drug-likeness (QED) is 0.189. The molecule has 25 heavy (non-hydrogen) atoms. The maximum atomic E-state index is 5.25. The van der Waals surface area contributed by atoms with Crippen LogP contribution in [0.2, 0.25) is 0 Å². The van der Waals surface area contributed by atoms with E-state index in [4.69, 9.17) is 23.7 Å². The highest BCUT2D eigenvalue weighted by atomic mass is 31.1. The molecule has 2 atom stereocenters. The fourth-order valence-electron chi connectivity index (χ4n) is 2.38. The van der Waals surface area contributed by atoms with Crippen molar-refractivity contribution in [2.24, 2.45) is 0 Å². The summed E-state index contributed by atoms with van der Waals surface area (Å²) < 4.78 is 26.2. The van der Waals surface area contributed by atoms with Crippen LogP contribution in [0.15, 0.2) is 0 Å². The standard InChI is InChI=1S/C17H39NO5P2/c1-19-11-8-18(9-14-24-12-6-16(20-2)21-3)10-15-25-13-7-17(22-4)23-5/h16-17,24-25H,6-15H2,1-5H3. The number of ether oxygens (including phenoxy) is 5. The highest BCUT2D eigenvalue weighted by molar-refractivity contribution is 7.38. The molecule has 0 aromatic heterocycles. The molecule has 0 saturated carbocycles. The van der Waals surface area contributed by atoms with E-state index in [1.54, 1.807) is 35.5 Å². The Morgan fingerprint density at radius 2 is 1.08 bits per heavy atom. The Morgan fingerprint density at radius 3 is 1.44 bits per heavy atom. The molecule has 0 spiro atoms. The Labute approximate surface area is 158 Å². The van der Waals surface area contributed by atoms with E-state index in [1.165, 1.54) is 24.6 Å². The Morgan fingerprint density at radius 1 is 0.640 bits per heavy atom. The third-order valence-corrected chi connectivity index (χ3v) is 6.43. The largest absolute Gasteiger partial charge is 0.383 e. The molecule has 152 valence electrons. The van der Waals surface area contributed by atoms with Crippen LogP contribution in [0.1, 0.15) is 12.8 Å². The first-order chi connectivity index (χ1) is 12.2. The van der Waals surface area contributed by atoms with Gasteiger partial charge in [0.2, 0.25) is 0 Å². The molecule has 0 heterocycles. The van der Waals surface area contributed by atoms with Crippen molar-refractivity contribution in [1.29, 1.82) is 0 Å². The van der Waals surface area contributed by atoms with Gasteiger partial charge in [-0.25, -0.2) is 0 Å². The van der Waals surface area contributed by atoms with Crippen LogP contribution in [0.5, 0.6) is 0 Å². The summed E-state index contributed by atoms with van der Waals surface area (Å²) in [5, 5.41) is 0. The molecule has 0 aliphatic carbocycles. The van der Waals surface area contributed by atoms with E-state index < -0.39 is 0 Å². The van der Waals surface area contributed by atoms with Crippen LogP contribution in [0.4, 0.5) is 0 Å². The Kier molecular flexibility index (Phi) is 19.9. The smallest absolute Gasteiger partial charge is 0.157 e. The Bertz CT molecular complexity index is 247. The predicted molar refractivity (Wildman–Crippen MR) is 109 cm³/mol. The molecular formula is C17H39NO5P2. The van der Waals surface area contributed by atoms with Gasteiger partial charge in [-0.3, -0.25) is 0 Å². The van der Waals surface area contributed by atoms with Crippen LogP contribution in [0.3, 0.4) is 0 Å². The summed E-state index contributed by atoms with van der Waals surface area (Å²) in [5.41, 5.74) is 0. The molecule has 0 aromatic carbocycles. The van der Waals surface area contributed by atoms with Gasteiger partial charge >= 0.3 is 0 Å². The minimum atomic E-state index is -0.0543. The lowest BCUT2D eigenvalue weighted by molar-refractivity contribution is -0.102. The van der Waals surface area contributed by atoms with Crippen molar-refractivity contribution in [3.8, 4) is 0 Å². The average molecular weight is 399 g/mol. The lowest BCUT2D eigenvalue weighted by Gasteiger charge is -2.22. The molecule has 0 radical (unpaired) electrons. The molecule has 0 aromatic rings. The van der Waals surface area contributed by atoms with Crippen LogP contribution in [0.25, 0.3) is 0 Å². The summed E-state index contributed by atoms with van der Waals surface area (Å²) >= 11 is 0. The van der Waals surface area contributed by atoms with Gasteiger partial charge in [-0.05, 0) is 24.6 Å². The molecule has 0 fully saturated rings. The third-order valence-electron chi connectivity index (χ3n) is 3.99. The van der Waals surface area contributed by atoms with Gasteiger partial charge in [0.1, 0.15) is 0 Å². The summed E-state index contributed by atoms with van der Waals surface area (Å²) in [7, 11) is 10.5. The fraction of sp³-hybridized carbons (Fsp3) is 1.00. The van der Waals surface area contributed by atoms with Crippen molar-refractivity contribution >= 4 is 17.2 Å². The van der Waals surface area contributed by atoms with Crippen LogP contribution < -0.4 is 0 Å². The van der Waals surface area contributed by atoms with Crippen molar-refractivity contribution in [3.63, 3.8) is 0 Å². The second-order valence-electron chi connectivity index (χ2n) is 5.71. The van der Waals surface area contributed by atoms with E-state index in [0.717, 1.165) is 56.2 Å². The van der Waals surface area contributed by atoms with Crippen LogP contribution >= 0.6 is 17.2 Å². The molecule has 0 saturated heterocycles. The van der Waals surface area contributed by atoms with Crippen molar-refractivity contribution in [3.05, 3.63) is 0 Å². The first kappa shape index (κ1) is 25.6. The molecular weight excluding hydrogens is 360 g/mol. The van der Waals surface area contributed by atoms with E-state index in [0.29, 0.717) is 0 Å². The van der Waals surface area contributed by atoms with Crippen LogP contribution in [-0.2, 0) is 23.7 Å². The monoisotopic (exact) mass is 399 g/mol. The van der Waals surface area contributed by atoms with E-state index >= 15 is 0 Å². The summed E-state index contributed by atoms with van der Waals surface area (Å²) in [6.45, 7) is 4.12. The molecule has 0 bridgehead atoms. The zero-order valence-electron chi connectivity index (χ0n) is 16.7. The van der Waals surface area contributed by atoms with Crippen LogP contribution in [0, 0.1) is 0 Å². The molecule has 2 unspecified atom stereocenters. The highest BCUT2D eigenvalue weighted by Crippen LogP contribution is 2.16. The average Bonchev–Trinajstić information content (AvgIpc) is 2.64. The molecule has 0 aliphatic heterocycles. The predicted octanol–water partition coefficient (Wildman–Crippen LogP) is 2.31. The van der Waals surface area contributed by atoms with E-state index in [2.05, 4.69) is 4.90 Å². The van der Waals surface area contributed by atoms with Crippen molar-refractivity contribution in [1.82, 2.24) is 4.90 Å². The number of nitrogens with zero attached hydrogens (tertiary/aromatic N) is 1. The topological polar surface area (TPSA) is 49.4 Å². The summed E-state index contributed by atoms with van der Waals surface area (Å²) in [5.74, 6) is 0. The van der Waals surface area contributed by atoms with E-state index in [-0.39, 0.29) is 12.6 Å². The van der Waals surface area contributed by atoms with Gasteiger partial charge in [0.25, 0.3) is 0 Å². The molecule has 8 heteroatoms. The number of hydrogen-bond donors (Lipinski definition) is 0. The molecule has 0 N–H and O–H groups in total. The van der Waals surface area contributed by atoms with Gasteiger partial charge in [-0.1, -0.05) is 0 Å². The lowest BCUT2D eigenvalue weighted by Crippen LogP contribution is -2.31. The summed E-state index contributed by atoms with van der Waals surface area (Å²) in [6.07, 6.45) is 6.66. The maximum Gasteiger partial charge on any atom is 0.157 e. The minimum absolute atomic E-state index is 0.0543. The molecule has 0 rings (SSSR count). The number of hydrogen-bond acceptors (Lipinski definition) is 6. The zero-order valence-corrected chi connectivity index (χ0v) is 18.7. The van der Waals surface area contributed by atoms with Gasteiger partial charge in [-0.15, -0.1) is 17.2 Å². The fourth-order valence-corrected chi connectivity index (χ4v) is 4.71. The minimum Gasteiger partial charge on any atom is -0.383 e. The number of methoxy groups -OCH3 is 5. The van der Waals surface area contributed by atoms with Gasteiger partial charge in [0.15, 0.2) is 12.6 Å². The van der Waals surface area contributed by atoms with Gasteiger partial charge in [0.05, 0.1) is 6.61 Å². The Hall–Kier alpha value is 0.620. The van der Waals surface area contributed by atoms with Crippen molar-refractivity contribution in [2.75, 3.05) is 86.4 Å². The normalized spacial score (nSPS) is 13.0. The van der Waals surface area contributed by atoms with E-state index in [1.807, 2.05) is 0 Å².